The summed E-state index contributed by atoms with van der Waals surface area (Å²) in [6, 6.07) is 15.9. The van der Waals surface area contributed by atoms with E-state index in [0.717, 1.165) is 47.8 Å². The second kappa shape index (κ2) is 9.04. The standard InChI is InChI=1S/C24H26ClN3OS/c1-17-3-7-19(8-4-17)22-23(27-24(26-22)11-13-28(2)14-12-24)30-16-21(29)15-18-5-9-20(25)10-6-18/h3-10H,11-16H2,1-2H3. The molecule has 0 N–H and O–H groups in total. The van der Waals surface area contributed by atoms with Crippen LogP contribution >= 0.6 is 23.4 Å². The van der Waals surface area contributed by atoms with Crippen molar-refractivity contribution in [2.75, 3.05) is 25.9 Å². The van der Waals surface area contributed by atoms with Gasteiger partial charge in [0, 0.05) is 42.9 Å². The van der Waals surface area contributed by atoms with Crippen molar-refractivity contribution in [1.29, 1.82) is 0 Å². The highest BCUT2D eigenvalue weighted by atomic mass is 35.5. The van der Waals surface area contributed by atoms with Crippen LogP contribution in [-0.2, 0) is 11.2 Å². The van der Waals surface area contributed by atoms with E-state index in [0.29, 0.717) is 17.2 Å². The summed E-state index contributed by atoms with van der Waals surface area (Å²) < 4.78 is 0. The van der Waals surface area contributed by atoms with Crippen LogP contribution in [0.1, 0.15) is 29.5 Å². The summed E-state index contributed by atoms with van der Waals surface area (Å²) in [6.45, 7) is 4.06. The number of hydrogen-bond donors (Lipinski definition) is 0. The minimum Gasteiger partial charge on any atom is -0.306 e. The first-order valence-electron chi connectivity index (χ1n) is 10.3. The van der Waals surface area contributed by atoms with Crippen LogP contribution in [0.3, 0.4) is 0 Å². The monoisotopic (exact) mass is 439 g/mol. The molecule has 0 saturated carbocycles. The van der Waals surface area contributed by atoms with Crippen LogP contribution < -0.4 is 0 Å². The Kier molecular flexibility index (Phi) is 6.42. The maximum atomic E-state index is 12.6. The minimum atomic E-state index is -0.367. The molecule has 2 aliphatic heterocycles. The largest absolute Gasteiger partial charge is 0.306 e. The zero-order chi connectivity index (χ0) is 21.1. The van der Waals surface area contributed by atoms with Crippen LogP contribution in [0, 0.1) is 6.92 Å². The Morgan fingerprint density at radius 2 is 1.73 bits per heavy atom. The van der Waals surface area contributed by atoms with Crippen molar-refractivity contribution in [2.24, 2.45) is 9.98 Å². The second-order valence-electron chi connectivity index (χ2n) is 8.16. The topological polar surface area (TPSA) is 45.0 Å². The highest BCUT2D eigenvalue weighted by Gasteiger charge is 2.39. The lowest BCUT2D eigenvalue weighted by Gasteiger charge is -2.33. The number of rotatable bonds is 5. The predicted octanol–water partition coefficient (Wildman–Crippen LogP) is 4.82. The summed E-state index contributed by atoms with van der Waals surface area (Å²) in [7, 11) is 2.14. The third-order valence-corrected chi connectivity index (χ3v) is 6.91. The zero-order valence-corrected chi connectivity index (χ0v) is 19.0. The summed E-state index contributed by atoms with van der Waals surface area (Å²) in [5.41, 5.74) is 3.85. The van der Waals surface area contributed by atoms with Crippen LogP contribution in [0.2, 0.25) is 5.02 Å². The summed E-state index contributed by atoms with van der Waals surface area (Å²) in [4.78, 5) is 25.1. The molecular weight excluding hydrogens is 414 g/mol. The van der Waals surface area contributed by atoms with Gasteiger partial charge in [0.2, 0.25) is 0 Å². The molecule has 1 spiro atoms. The number of Topliss-reactive ketones (excluding diaryl/α,β-unsaturated/α-hetero) is 1. The van der Waals surface area contributed by atoms with Crippen LogP contribution in [0.4, 0.5) is 0 Å². The summed E-state index contributed by atoms with van der Waals surface area (Å²) >= 11 is 7.46. The van der Waals surface area contributed by atoms with Gasteiger partial charge >= 0.3 is 0 Å². The molecule has 30 heavy (non-hydrogen) atoms. The van der Waals surface area contributed by atoms with Crippen molar-refractivity contribution in [3.8, 4) is 0 Å². The first-order chi connectivity index (χ1) is 14.4. The number of carbonyl (C=O) groups is 1. The SMILES string of the molecule is Cc1ccc(C2=NC3(CCN(C)CC3)N=C2SCC(=O)Cc2ccc(Cl)cc2)cc1. The molecule has 0 aliphatic carbocycles. The number of hydrogen-bond acceptors (Lipinski definition) is 5. The molecule has 0 unspecified atom stereocenters. The molecular formula is C24H26ClN3OS. The average Bonchev–Trinajstić information content (AvgIpc) is 3.09. The van der Waals surface area contributed by atoms with Gasteiger partial charge < -0.3 is 4.90 Å². The van der Waals surface area contributed by atoms with E-state index in [4.69, 9.17) is 21.6 Å². The normalized spacial score (nSPS) is 18.4. The van der Waals surface area contributed by atoms with Crippen molar-refractivity contribution < 1.29 is 4.79 Å². The van der Waals surface area contributed by atoms with Gasteiger partial charge in [-0.15, -0.1) is 0 Å². The van der Waals surface area contributed by atoms with Crippen molar-refractivity contribution in [1.82, 2.24) is 4.90 Å². The number of nitrogens with zero attached hydrogens (tertiary/aromatic N) is 3. The Morgan fingerprint density at radius 3 is 2.40 bits per heavy atom. The summed E-state index contributed by atoms with van der Waals surface area (Å²) in [6.07, 6.45) is 2.24. The number of carbonyl (C=O) groups excluding carboxylic acids is 1. The maximum absolute atomic E-state index is 12.6. The third-order valence-electron chi connectivity index (χ3n) is 5.63. The van der Waals surface area contributed by atoms with Crippen LogP contribution in [0.15, 0.2) is 58.5 Å². The highest BCUT2D eigenvalue weighted by molar-refractivity contribution is 8.16. The average molecular weight is 440 g/mol. The van der Waals surface area contributed by atoms with Gasteiger partial charge in [-0.3, -0.25) is 9.79 Å². The number of aliphatic imine (C=N–C) groups is 2. The molecule has 156 valence electrons. The van der Waals surface area contributed by atoms with E-state index in [2.05, 4.69) is 43.1 Å². The molecule has 6 heteroatoms. The van der Waals surface area contributed by atoms with Gasteiger partial charge in [0.1, 0.15) is 10.8 Å². The van der Waals surface area contributed by atoms with Crippen molar-refractivity contribution >= 4 is 39.9 Å². The molecule has 0 atom stereocenters. The fourth-order valence-electron chi connectivity index (χ4n) is 3.75. The smallest absolute Gasteiger partial charge is 0.154 e. The molecule has 0 bridgehead atoms. The molecule has 0 aromatic heterocycles. The van der Waals surface area contributed by atoms with Gasteiger partial charge in [-0.1, -0.05) is 65.3 Å². The summed E-state index contributed by atoms with van der Waals surface area (Å²) in [5.74, 6) is 0.570. The van der Waals surface area contributed by atoms with Gasteiger partial charge in [-0.2, -0.15) is 0 Å². The molecule has 2 aliphatic rings. The molecule has 1 saturated heterocycles. The molecule has 0 radical (unpaired) electrons. The number of ketones is 1. The zero-order valence-electron chi connectivity index (χ0n) is 17.4. The van der Waals surface area contributed by atoms with Gasteiger partial charge in [0.25, 0.3) is 0 Å². The van der Waals surface area contributed by atoms with Crippen molar-refractivity contribution in [3.05, 3.63) is 70.2 Å². The lowest BCUT2D eigenvalue weighted by molar-refractivity contribution is -0.115. The number of likely N-dealkylation sites (tertiary alicyclic amines) is 1. The molecule has 2 aromatic carbocycles. The van der Waals surface area contributed by atoms with E-state index in [9.17, 15) is 4.79 Å². The molecule has 2 aromatic rings. The van der Waals surface area contributed by atoms with Gasteiger partial charge in [0.15, 0.2) is 5.66 Å². The molecule has 4 rings (SSSR count). The van der Waals surface area contributed by atoms with Crippen LogP contribution in [-0.4, -0.2) is 53.0 Å². The number of thioether (sulfide) groups is 1. The van der Waals surface area contributed by atoms with E-state index < -0.39 is 0 Å². The fraction of sp³-hybridized carbons (Fsp3) is 0.375. The predicted molar refractivity (Wildman–Crippen MR) is 127 cm³/mol. The number of piperidine rings is 1. The fourth-order valence-corrected chi connectivity index (χ4v) is 4.81. The molecule has 4 nitrogen and oxygen atoms in total. The van der Waals surface area contributed by atoms with Crippen LogP contribution in [0.25, 0.3) is 0 Å². The number of halogens is 1. The van der Waals surface area contributed by atoms with Gasteiger partial charge in [-0.25, -0.2) is 4.99 Å². The Bertz CT molecular complexity index is 975. The Morgan fingerprint density at radius 1 is 1.07 bits per heavy atom. The van der Waals surface area contributed by atoms with Crippen molar-refractivity contribution in [2.45, 2.75) is 31.8 Å². The van der Waals surface area contributed by atoms with Gasteiger partial charge in [0.05, 0.1) is 11.5 Å². The van der Waals surface area contributed by atoms with E-state index in [1.54, 1.807) is 0 Å². The Balaban J connectivity index is 1.50. The van der Waals surface area contributed by atoms with E-state index in [1.165, 1.54) is 17.3 Å². The Hall–Kier alpha value is -1.95. The Labute approximate surface area is 187 Å². The number of aryl methyl sites for hydroxylation is 1. The van der Waals surface area contributed by atoms with E-state index in [1.807, 2.05) is 24.3 Å². The van der Waals surface area contributed by atoms with E-state index >= 15 is 0 Å². The highest BCUT2D eigenvalue weighted by Crippen LogP contribution is 2.35. The maximum Gasteiger partial charge on any atom is 0.154 e. The third kappa shape index (κ3) is 5.02. The van der Waals surface area contributed by atoms with Gasteiger partial charge in [-0.05, 0) is 31.7 Å². The first kappa shape index (κ1) is 21.3. The summed E-state index contributed by atoms with van der Waals surface area (Å²) in [5, 5.41) is 1.58. The second-order valence-corrected chi connectivity index (χ2v) is 9.56. The van der Waals surface area contributed by atoms with Crippen LogP contribution in [0.5, 0.6) is 0 Å². The minimum absolute atomic E-state index is 0.178. The lowest BCUT2D eigenvalue weighted by Crippen LogP contribution is -2.39. The van der Waals surface area contributed by atoms with E-state index in [-0.39, 0.29) is 11.4 Å². The van der Waals surface area contributed by atoms with Crippen molar-refractivity contribution in [3.63, 3.8) is 0 Å². The molecule has 1 fully saturated rings. The lowest BCUT2D eigenvalue weighted by atomic mass is 9.99. The first-order valence-corrected chi connectivity index (χ1v) is 11.6. The quantitative estimate of drug-likeness (QED) is 0.671. The molecule has 0 amide bonds. The molecule has 2 heterocycles. The number of benzene rings is 2.